The molecule has 20 heavy (non-hydrogen) atoms. The summed E-state index contributed by atoms with van der Waals surface area (Å²) in [6, 6.07) is 14.2. The van der Waals surface area contributed by atoms with Crippen LogP contribution in [0, 0.1) is 0 Å². The highest BCUT2D eigenvalue weighted by molar-refractivity contribution is 7.99. The summed E-state index contributed by atoms with van der Waals surface area (Å²) < 4.78 is 5.03. The van der Waals surface area contributed by atoms with E-state index in [1.165, 1.54) is 4.90 Å². The largest absolute Gasteiger partial charge is 0.466 e. The van der Waals surface area contributed by atoms with Crippen LogP contribution in [0.15, 0.2) is 52.3 Å². The van der Waals surface area contributed by atoms with E-state index in [9.17, 15) is 4.79 Å². The lowest BCUT2D eigenvalue weighted by Crippen LogP contribution is -2.10. The minimum atomic E-state index is -0.188. The van der Waals surface area contributed by atoms with E-state index >= 15 is 0 Å². The van der Waals surface area contributed by atoms with Crippen molar-refractivity contribution in [3.63, 3.8) is 0 Å². The molecule has 0 aromatic heterocycles. The molecular weight excluding hydrogens is 270 g/mol. The molecule has 0 saturated heterocycles. The third kappa shape index (κ3) is 2.51. The third-order valence-electron chi connectivity index (χ3n) is 3.12. The number of hydrogen-bond donors (Lipinski definition) is 1. The van der Waals surface area contributed by atoms with Gasteiger partial charge in [0.15, 0.2) is 0 Å². The second kappa shape index (κ2) is 5.59. The van der Waals surface area contributed by atoms with Gasteiger partial charge < -0.3 is 10.1 Å². The van der Waals surface area contributed by atoms with Gasteiger partial charge >= 0.3 is 5.97 Å². The first-order valence-corrected chi connectivity index (χ1v) is 7.41. The number of rotatable bonds is 3. The molecular formula is C16H15NO2S. The molecule has 0 spiro atoms. The van der Waals surface area contributed by atoms with Crippen LogP contribution in [0.5, 0.6) is 0 Å². The number of benzene rings is 2. The molecule has 4 heteroatoms. The maximum absolute atomic E-state index is 11.7. The Labute approximate surface area is 122 Å². The van der Waals surface area contributed by atoms with Crippen molar-refractivity contribution in [2.45, 2.75) is 23.1 Å². The van der Waals surface area contributed by atoms with Crippen molar-refractivity contribution in [3.05, 3.63) is 48.0 Å². The van der Waals surface area contributed by atoms with E-state index in [1.54, 1.807) is 11.8 Å². The molecule has 0 aliphatic carbocycles. The van der Waals surface area contributed by atoms with Crippen LogP contribution in [-0.2, 0) is 16.0 Å². The van der Waals surface area contributed by atoms with Crippen molar-refractivity contribution in [2.75, 3.05) is 11.9 Å². The van der Waals surface area contributed by atoms with Crippen molar-refractivity contribution in [1.29, 1.82) is 0 Å². The highest BCUT2D eigenvalue weighted by Crippen LogP contribution is 2.45. The van der Waals surface area contributed by atoms with Crippen LogP contribution in [0.2, 0.25) is 0 Å². The molecule has 0 bridgehead atoms. The zero-order valence-electron chi connectivity index (χ0n) is 11.2. The highest BCUT2D eigenvalue weighted by Gasteiger charge is 2.19. The Kier molecular flexibility index (Phi) is 3.65. The summed E-state index contributed by atoms with van der Waals surface area (Å²) in [7, 11) is 0. The standard InChI is InChI=1S/C16H15NO2S/c1-2-19-15(18)10-11-6-5-9-14-16(11)17-12-7-3-4-8-13(12)20-14/h3-9,17H,2,10H2,1H3. The van der Waals surface area contributed by atoms with Crippen LogP contribution in [0.25, 0.3) is 0 Å². The number of anilines is 2. The molecule has 0 amide bonds. The minimum absolute atomic E-state index is 0.188. The van der Waals surface area contributed by atoms with Gasteiger partial charge in [-0.15, -0.1) is 0 Å². The molecule has 1 heterocycles. The molecule has 0 atom stereocenters. The maximum Gasteiger partial charge on any atom is 0.310 e. The summed E-state index contributed by atoms with van der Waals surface area (Å²) in [6.07, 6.45) is 0.298. The van der Waals surface area contributed by atoms with Gasteiger partial charge in [0, 0.05) is 9.79 Å². The number of carbonyl (C=O) groups excluding carboxylic acids is 1. The van der Waals surface area contributed by atoms with E-state index in [4.69, 9.17) is 4.74 Å². The van der Waals surface area contributed by atoms with E-state index in [2.05, 4.69) is 17.4 Å². The van der Waals surface area contributed by atoms with E-state index in [1.807, 2.05) is 37.3 Å². The van der Waals surface area contributed by atoms with Gasteiger partial charge in [0.2, 0.25) is 0 Å². The Morgan fingerprint density at radius 2 is 1.95 bits per heavy atom. The summed E-state index contributed by atoms with van der Waals surface area (Å²) in [4.78, 5) is 14.0. The smallest absolute Gasteiger partial charge is 0.310 e. The summed E-state index contributed by atoms with van der Waals surface area (Å²) in [5.74, 6) is -0.188. The molecule has 3 rings (SSSR count). The first kappa shape index (κ1) is 13.1. The second-order valence-electron chi connectivity index (χ2n) is 4.50. The van der Waals surface area contributed by atoms with Gasteiger partial charge in [0.25, 0.3) is 0 Å². The molecule has 0 saturated carbocycles. The van der Waals surface area contributed by atoms with Crippen molar-refractivity contribution in [1.82, 2.24) is 0 Å². The minimum Gasteiger partial charge on any atom is -0.466 e. The van der Waals surface area contributed by atoms with E-state index in [0.29, 0.717) is 13.0 Å². The van der Waals surface area contributed by atoms with Crippen LogP contribution >= 0.6 is 11.8 Å². The number of nitrogens with one attached hydrogen (secondary N) is 1. The SMILES string of the molecule is CCOC(=O)Cc1cccc2c1Nc1ccccc1S2. The molecule has 1 aliphatic rings. The van der Waals surface area contributed by atoms with Crippen molar-refractivity contribution >= 4 is 29.1 Å². The molecule has 3 nitrogen and oxygen atoms in total. The average molecular weight is 285 g/mol. The fraction of sp³-hybridized carbons (Fsp3) is 0.188. The number of ether oxygens (including phenoxy) is 1. The summed E-state index contributed by atoms with van der Waals surface area (Å²) in [6.45, 7) is 2.24. The van der Waals surface area contributed by atoms with Crippen LogP contribution in [0.1, 0.15) is 12.5 Å². The molecule has 0 fully saturated rings. The monoisotopic (exact) mass is 285 g/mol. The Morgan fingerprint density at radius 1 is 1.15 bits per heavy atom. The molecule has 2 aromatic rings. The van der Waals surface area contributed by atoms with Crippen LogP contribution in [0.3, 0.4) is 0 Å². The van der Waals surface area contributed by atoms with Gasteiger partial charge in [-0.2, -0.15) is 0 Å². The first-order valence-electron chi connectivity index (χ1n) is 6.59. The molecule has 1 N–H and O–H groups in total. The zero-order chi connectivity index (χ0) is 13.9. The fourth-order valence-corrected chi connectivity index (χ4v) is 3.27. The van der Waals surface area contributed by atoms with Gasteiger partial charge in [-0.1, -0.05) is 36.0 Å². The van der Waals surface area contributed by atoms with Gasteiger partial charge in [-0.3, -0.25) is 4.79 Å². The van der Waals surface area contributed by atoms with Crippen LogP contribution < -0.4 is 5.32 Å². The summed E-state index contributed by atoms with van der Waals surface area (Å²) in [5.41, 5.74) is 3.08. The summed E-state index contributed by atoms with van der Waals surface area (Å²) >= 11 is 1.72. The molecule has 2 aromatic carbocycles. The number of para-hydroxylation sites is 2. The Balaban J connectivity index is 1.92. The quantitative estimate of drug-likeness (QED) is 0.738. The number of hydrogen-bond acceptors (Lipinski definition) is 4. The topological polar surface area (TPSA) is 38.3 Å². The zero-order valence-corrected chi connectivity index (χ0v) is 12.0. The lowest BCUT2D eigenvalue weighted by molar-refractivity contribution is -0.142. The third-order valence-corrected chi connectivity index (χ3v) is 4.26. The molecule has 102 valence electrons. The van der Waals surface area contributed by atoms with Crippen LogP contribution in [0.4, 0.5) is 11.4 Å². The Hall–Kier alpha value is -1.94. The van der Waals surface area contributed by atoms with E-state index in [0.717, 1.165) is 21.8 Å². The molecule has 1 aliphatic heterocycles. The average Bonchev–Trinajstić information content (AvgIpc) is 2.46. The van der Waals surface area contributed by atoms with Crippen LogP contribution in [-0.4, -0.2) is 12.6 Å². The predicted molar refractivity (Wildman–Crippen MR) is 80.6 cm³/mol. The van der Waals surface area contributed by atoms with Crippen molar-refractivity contribution in [2.24, 2.45) is 0 Å². The van der Waals surface area contributed by atoms with Crippen molar-refractivity contribution in [3.8, 4) is 0 Å². The lowest BCUT2D eigenvalue weighted by Gasteiger charge is -2.23. The number of carbonyl (C=O) groups is 1. The highest BCUT2D eigenvalue weighted by atomic mass is 32.2. The van der Waals surface area contributed by atoms with E-state index < -0.39 is 0 Å². The fourth-order valence-electron chi connectivity index (χ4n) is 2.23. The number of esters is 1. The second-order valence-corrected chi connectivity index (χ2v) is 5.58. The normalized spacial score (nSPS) is 12.1. The van der Waals surface area contributed by atoms with Gasteiger partial charge in [-0.25, -0.2) is 0 Å². The van der Waals surface area contributed by atoms with Gasteiger partial charge in [-0.05, 0) is 30.7 Å². The van der Waals surface area contributed by atoms with E-state index in [-0.39, 0.29) is 5.97 Å². The first-order chi connectivity index (χ1) is 9.78. The number of fused-ring (bicyclic) bond motifs is 2. The molecule has 0 radical (unpaired) electrons. The summed E-state index contributed by atoms with van der Waals surface area (Å²) in [5, 5.41) is 3.43. The van der Waals surface area contributed by atoms with Crippen molar-refractivity contribution < 1.29 is 9.53 Å². The van der Waals surface area contributed by atoms with Gasteiger partial charge in [0.1, 0.15) is 0 Å². The maximum atomic E-state index is 11.7. The Morgan fingerprint density at radius 3 is 2.80 bits per heavy atom. The van der Waals surface area contributed by atoms with Gasteiger partial charge in [0.05, 0.1) is 24.4 Å². The Bertz CT molecular complexity index is 655. The predicted octanol–water partition coefficient (Wildman–Crippen LogP) is 4.00. The lowest BCUT2D eigenvalue weighted by atomic mass is 10.1. The molecule has 0 unspecified atom stereocenters.